The molecule has 1 aliphatic heterocycles. The number of aryl methyl sites for hydroxylation is 2. The van der Waals surface area contributed by atoms with E-state index in [2.05, 4.69) is 38.7 Å². The molecule has 2 nitrogen and oxygen atoms in total. The van der Waals surface area contributed by atoms with Crippen LogP contribution in [0.15, 0.2) is 6.07 Å². The Balaban J connectivity index is 2.31. The highest BCUT2D eigenvalue weighted by Gasteiger charge is 2.21. The first kappa shape index (κ1) is 14.5. The highest BCUT2D eigenvalue weighted by atomic mass is 15.1. The van der Waals surface area contributed by atoms with Crippen LogP contribution >= 0.6 is 0 Å². The van der Waals surface area contributed by atoms with E-state index in [-0.39, 0.29) is 0 Å². The van der Waals surface area contributed by atoms with Gasteiger partial charge in [-0.25, -0.2) is 0 Å². The van der Waals surface area contributed by atoms with Crippen LogP contribution in [-0.4, -0.2) is 31.1 Å². The molecule has 0 aliphatic carbocycles. The molecule has 2 rings (SSSR count). The highest BCUT2D eigenvalue weighted by molar-refractivity contribution is 5.46. The molecule has 0 bridgehead atoms. The summed E-state index contributed by atoms with van der Waals surface area (Å²) in [6.07, 6.45) is 2.70. The van der Waals surface area contributed by atoms with Gasteiger partial charge in [0.2, 0.25) is 0 Å². The summed E-state index contributed by atoms with van der Waals surface area (Å²) in [7, 11) is 0. The minimum absolute atomic E-state index is 0.483. The lowest BCUT2D eigenvalue weighted by atomic mass is 9.85. The lowest BCUT2D eigenvalue weighted by molar-refractivity contribution is 0.315. The van der Waals surface area contributed by atoms with Crippen molar-refractivity contribution >= 4 is 0 Å². The Morgan fingerprint density at radius 1 is 1.05 bits per heavy atom. The summed E-state index contributed by atoms with van der Waals surface area (Å²) in [5, 5.41) is 0. The Hall–Kier alpha value is -0.860. The van der Waals surface area contributed by atoms with Crippen LogP contribution in [0.5, 0.6) is 0 Å². The van der Waals surface area contributed by atoms with Gasteiger partial charge >= 0.3 is 0 Å². The number of hydrogen-bond donors (Lipinski definition) is 1. The molecule has 1 fully saturated rings. The van der Waals surface area contributed by atoms with Crippen LogP contribution in [0.3, 0.4) is 0 Å². The summed E-state index contributed by atoms with van der Waals surface area (Å²) in [6, 6.07) is 2.30. The maximum Gasteiger partial charge on any atom is 0.00942 e. The van der Waals surface area contributed by atoms with Crippen LogP contribution in [0.1, 0.15) is 46.6 Å². The van der Waals surface area contributed by atoms with Crippen molar-refractivity contribution in [2.45, 2.75) is 46.5 Å². The third-order valence-electron chi connectivity index (χ3n) is 4.79. The largest absolute Gasteiger partial charge is 0.330 e. The predicted molar refractivity (Wildman–Crippen MR) is 82.9 cm³/mol. The Morgan fingerprint density at radius 2 is 1.58 bits per heavy atom. The summed E-state index contributed by atoms with van der Waals surface area (Å²) in [4.78, 5) is 2.58. The third-order valence-corrected chi connectivity index (χ3v) is 4.79. The molecule has 1 aromatic rings. The number of benzene rings is 1. The normalized spacial score (nSPS) is 17.9. The molecular weight excluding hydrogens is 232 g/mol. The summed E-state index contributed by atoms with van der Waals surface area (Å²) in [5.41, 5.74) is 13.3. The lowest BCUT2D eigenvalue weighted by Crippen LogP contribution is -2.30. The number of nitrogens with two attached hydrogens (primary N) is 1. The monoisotopic (exact) mass is 260 g/mol. The highest BCUT2D eigenvalue weighted by Crippen LogP contribution is 2.29. The number of likely N-dealkylation sites (tertiary alicyclic amines) is 1. The quantitative estimate of drug-likeness (QED) is 0.901. The van der Waals surface area contributed by atoms with Gasteiger partial charge in [0.25, 0.3) is 0 Å². The minimum Gasteiger partial charge on any atom is -0.330 e. The maximum absolute atomic E-state index is 6.09. The van der Waals surface area contributed by atoms with E-state index in [0.29, 0.717) is 5.92 Å². The van der Waals surface area contributed by atoms with Gasteiger partial charge in [-0.3, -0.25) is 0 Å². The Labute approximate surface area is 118 Å². The Bertz CT molecular complexity index is 419. The van der Waals surface area contributed by atoms with Crippen LogP contribution in [0.4, 0.5) is 0 Å². The second-order valence-corrected chi connectivity index (χ2v) is 6.11. The fourth-order valence-corrected chi connectivity index (χ4v) is 3.42. The molecule has 1 aromatic carbocycles. The average molecular weight is 260 g/mol. The summed E-state index contributed by atoms with van der Waals surface area (Å²) in [6.45, 7) is 13.3. The molecule has 19 heavy (non-hydrogen) atoms. The molecule has 0 radical (unpaired) electrons. The fourth-order valence-electron chi connectivity index (χ4n) is 3.42. The van der Waals surface area contributed by atoms with Crippen LogP contribution < -0.4 is 5.73 Å². The van der Waals surface area contributed by atoms with Gasteiger partial charge in [-0.1, -0.05) is 6.07 Å². The molecule has 1 atom stereocenters. The van der Waals surface area contributed by atoms with E-state index in [0.717, 1.165) is 13.1 Å². The number of nitrogens with zero attached hydrogens (tertiary/aromatic N) is 1. The van der Waals surface area contributed by atoms with Crippen molar-refractivity contribution in [1.29, 1.82) is 0 Å². The number of hydrogen-bond acceptors (Lipinski definition) is 2. The average Bonchev–Trinajstić information content (AvgIpc) is 2.88. The lowest BCUT2D eigenvalue weighted by Gasteiger charge is -2.27. The molecule has 0 aromatic heterocycles. The minimum atomic E-state index is 0.483. The van der Waals surface area contributed by atoms with Crippen molar-refractivity contribution in [3.63, 3.8) is 0 Å². The van der Waals surface area contributed by atoms with Crippen molar-refractivity contribution in [2.24, 2.45) is 5.73 Å². The van der Waals surface area contributed by atoms with Gasteiger partial charge in [0.05, 0.1) is 0 Å². The molecule has 1 unspecified atom stereocenters. The number of rotatable bonds is 4. The molecular formula is C17H28N2. The summed E-state index contributed by atoms with van der Waals surface area (Å²) < 4.78 is 0. The maximum atomic E-state index is 6.09. The van der Waals surface area contributed by atoms with E-state index in [1.54, 1.807) is 0 Å². The standard InChI is InChI=1S/C17H28N2/c1-12-9-13(2)15(4)17(14(12)3)16(10-18)11-19-7-5-6-8-19/h9,16H,5-8,10-11,18H2,1-4H3. The fraction of sp³-hybridized carbons (Fsp3) is 0.647. The first-order valence-corrected chi connectivity index (χ1v) is 7.54. The molecule has 106 valence electrons. The smallest absolute Gasteiger partial charge is 0.00942 e. The van der Waals surface area contributed by atoms with Gasteiger partial charge in [0.1, 0.15) is 0 Å². The molecule has 0 saturated carbocycles. The molecule has 1 saturated heterocycles. The van der Waals surface area contributed by atoms with E-state index in [1.807, 2.05) is 0 Å². The SMILES string of the molecule is Cc1cc(C)c(C)c(C(CN)CN2CCCC2)c1C. The van der Waals surface area contributed by atoms with Crippen molar-refractivity contribution in [1.82, 2.24) is 4.90 Å². The zero-order valence-electron chi connectivity index (χ0n) is 12.9. The first-order valence-electron chi connectivity index (χ1n) is 7.54. The molecule has 0 spiro atoms. The zero-order chi connectivity index (χ0) is 14.0. The van der Waals surface area contributed by atoms with Crippen molar-refractivity contribution in [3.05, 3.63) is 33.9 Å². The molecule has 0 amide bonds. The predicted octanol–water partition coefficient (Wildman–Crippen LogP) is 3.06. The molecule has 2 N–H and O–H groups in total. The molecule has 1 heterocycles. The van der Waals surface area contributed by atoms with Crippen molar-refractivity contribution < 1.29 is 0 Å². The van der Waals surface area contributed by atoms with Gasteiger partial charge in [0.15, 0.2) is 0 Å². The second-order valence-electron chi connectivity index (χ2n) is 6.11. The van der Waals surface area contributed by atoms with Gasteiger partial charge in [-0.05, 0) is 81.4 Å². The van der Waals surface area contributed by atoms with E-state index in [1.165, 1.54) is 53.7 Å². The zero-order valence-corrected chi connectivity index (χ0v) is 12.9. The van der Waals surface area contributed by atoms with Crippen LogP contribution in [0.2, 0.25) is 0 Å². The van der Waals surface area contributed by atoms with Crippen LogP contribution in [0, 0.1) is 27.7 Å². The third kappa shape index (κ3) is 3.01. The van der Waals surface area contributed by atoms with Gasteiger partial charge < -0.3 is 10.6 Å². The van der Waals surface area contributed by atoms with E-state index in [9.17, 15) is 0 Å². The summed E-state index contributed by atoms with van der Waals surface area (Å²) >= 11 is 0. The van der Waals surface area contributed by atoms with E-state index >= 15 is 0 Å². The molecule has 1 aliphatic rings. The van der Waals surface area contributed by atoms with Gasteiger partial charge in [-0.2, -0.15) is 0 Å². The van der Waals surface area contributed by atoms with Crippen molar-refractivity contribution in [2.75, 3.05) is 26.2 Å². The Morgan fingerprint density at radius 3 is 2.05 bits per heavy atom. The van der Waals surface area contributed by atoms with Gasteiger partial charge in [-0.15, -0.1) is 0 Å². The van der Waals surface area contributed by atoms with Gasteiger partial charge in [0, 0.05) is 19.0 Å². The first-order chi connectivity index (χ1) is 9.04. The van der Waals surface area contributed by atoms with Crippen LogP contribution in [0.25, 0.3) is 0 Å². The molecule has 2 heteroatoms. The summed E-state index contributed by atoms with van der Waals surface area (Å²) in [5.74, 6) is 0.483. The Kier molecular flexibility index (Phi) is 4.64. The second kappa shape index (κ2) is 6.06. The van der Waals surface area contributed by atoms with E-state index < -0.39 is 0 Å². The topological polar surface area (TPSA) is 29.3 Å². The van der Waals surface area contributed by atoms with E-state index in [4.69, 9.17) is 5.73 Å². The van der Waals surface area contributed by atoms with Crippen LogP contribution in [-0.2, 0) is 0 Å². The van der Waals surface area contributed by atoms with Crippen molar-refractivity contribution in [3.8, 4) is 0 Å².